The molecule has 21 heavy (non-hydrogen) atoms. The summed E-state index contributed by atoms with van der Waals surface area (Å²) in [6.07, 6.45) is 7.02. The first-order valence-corrected chi connectivity index (χ1v) is 9.59. The van der Waals surface area contributed by atoms with E-state index in [4.69, 9.17) is 10.7 Å². The van der Waals surface area contributed by atoms with Crippen molar-refractivity contribution in [3.63, 3.8) is 0 Å². The van der Waals surface area contributed by atoms with E-state index in [9.17, 15) is 13.2 Å². The van der Waals surface area contributed by atoms with E-state index in [2.05, 4.69) is 0 Å². The van der Waals surface area contributed by atoms with Gasteiger partial charge < -0.3 is 9.47 Å². The van der Waals surface area contributed by atoms with Gasteiger partial charge in [0, 0.05) is 36.5 Å². The molecule has 0 unspecified atom stereocenters. The summed E-state index contributed by atoms with van der Waals surface area (Å²) in [5, 5.41) is 0. The predicted octanol–water partition coefficient (Wildman–Crippen LogP) is 2.62. The molecule has 0 aromatic carbocycles. The van der Waals surface area contributed by atoms with Crippen LogP contribution in [0.2, 0.25) is 0 Å². The molecule has 2 saturated carbocycles. The Morgan fingerprint density at radius 1 is 1.38 bits per heavy atom. The van der Waals surface area contributed by atoms with Crippen LogP contribution in [0.15, 0.2) is 17.2 Å². The molecule has 2 fully saturated rings. The van der Waals surface area contributed by atoms with E-state index in [1.807, 2.05) is 0 Å². The lowest BCUT2D eigenvalue weighted by molar-refractivity contribution is 0.0734. The Morgan fingerprint density at radius 2 is 2.05 bits per heavy atom. The highest BCUT2D eigenvalue weighted by Gasteiger charge is 2.31. The molecule has 0 bridgehead atoms. The van der Waals surface area contributed by atoms with Crippen molar-refractivity contribution < 1.29 is 13.2 Å². The number of nitrogens with zero attached hydrogens (tertiary/aromatic N) is 2. The van der Waals surface area contributed by atoms with Crippen molar-refractivity contribution in [1.29, 1.82) is 0 Å². The van der Waals surface area contributed by atoms with Crippen molar-refractivity contribution in [3.8, 4) is 0 Å². The molecule has 0 spiro atoms. The van der Waals surface area contributed by atoms with Gasteiger partial charge in [-0.1, -0.05) is 6.42 Å². The van der Waals surface area contributed by atoms with Gasteiger partial charge in [-0.05, 0) is 37.7 Å². The van der Waals surface area contributed by atoms with Gasteiger partial charge in [-0.3, -0.25) is 4.79 Å². The van der Waals surface area contributed by atoms with Gasteiger partial charge in [-0.25, -0.2) is 8.42 Å². The Balaban J connectivity index is 1.85. The van der Waals surface area contributed by atoms with Crippen LogP contribution in [0.3, 0.4) is 0 Å². The third-order valence-corrected chi connectivity index (χ3v) is 5.69. The zero-order chi connectivity index (χ0) is 15.2. The molecule has 0 aliphatic heterocycles. The zero-order valence-electron chi connectivity index (χ0n) is 12.0. The number of halogens is 1. The molecule has 1 aromatic rings. The third kappa shape index (κ3) is 3.11. The van der Waals surface area contributed by atoms with Crippen molar-refractivity contribution in [2.75, 3.05) is 13.6 Å². The molecule has 0 N–H and O–H groups in total. The largest absolute Gasteiger partial charge is 0.340 e. The van der Waals surface area contributed by atoms with Crippen molar-refractivity contribution >= 4 is 25.6 Å². The van der Waals surface area contributed by atoms with Crippen LogP contribution in [-0.4, -0.2) is 37.4 Å². The lowest BCUT2D eigenvalue weighted by Crippen LogP contribution is -2.35. The molecule has 7 heteroatoms. The fourth-order valence-electron chi connectivity index (χ4n) is 2.75. The van der Waals surface area contributed by atoms with Gasteiger partial charge in [0.25, 0.3) is 15.0 Å². The lowest BCUT2D eigenvalue weighted by atomic mass is 9.85. The first-order valence-electron chi connectivity index (χ1n) is 7.28. The number of hydrogen-bond acceptors (Lipinski definition) is 3. The van der Waals surface area contributed by atoms with Gasteiger partial charge >= 0.3 is 0 Å². The average molecular weight is 331 g/mol. The number of aromatic nitrogens is 1. The topological polar surface area (TPSA) is 59.4 Å². The fourth-order valence-corrected chi connectivity index (χ4v) is 3.50. The number of carbonyl (C=O) groups is 1. The van der Waals surface area contributed by atoms with Crippen LogP contribution in [0.4, 0.5) is 0 Å². The van der Waals surface area contributed by atoms with Crippen LogP contribution in [0.1, 0.15) is 48.6 Å². The second-order valence-electron chi connectivity index (χ2n) is 6.12. The molecular formula is C14H19ClN2O3S. The highest BCUT2D eigenvalue weighted by molar-refractivity contribution is 8.13. The number of hydrogen-bond donors (Lipinski definition) is 0. The van der Waals surface area contributed by atoms with Gasteiger partial charge in [0.2, 0.25) is 0 Å². The minimum atomic E-state index is -3.81. The minimum absolute atomic E-state index is 0.0106. The van der Waals surface area contributed by atoms with E-state index in [1.54, 1.807) is 16.5 Å². The van der Waals surface area contributed by atoms with Gasteiger partial charge in [0.05, 0.1) is 0 Å². The van der Waals surface area contributed by atoms with Crippen LogP contribution >= 0.6 is 10.7 Å². The predicted molar refractivity (Wildman–Crippen MR) is 80.0 cm³/mol. The average Bonchev–Trinajstić information content (AvgIpc) is 3.10. The molecular weight excluding hydrogens is 312 g/mol. The summed E-state index contributed by atoms with van der Waals surface area (Å²) >= 11 is 0. The molecule has 116 valence electrons. The Kier molecular flexibility index (Phi) is 3.78. The van der Waals surface area contributed by atoms with Gasteiger partial charge in [0.15, 0.2) is 0 Å². The van der Waals surface area contributed by atoms with Crippen LogP contribution in [0, 0.1) is 5.92 Å². The number of amides is 1. The minimum Gasteiger partial charge on any atom is -0.340 e. The standard InChI is InChI=1S/C14H19ClN2O3S/c1-16(8-10-3-2-4-10)14(18)13-7-12(21(15,19)20)9-17(13)11-5-6-11/h7,9-11H,2-6,8H2,1H3. The second kappa shape index (κ2) is 5.32. The highest BCUT2D eigenvalue weighted by Crippen LogP contribution is 2.38. The SMILES string of the molecule is CN(CC1CCC1)C(=O)c1cc(S(=O)(=O)Cl)cn1C1CC1. The summed E-state index contributed by atoms with van der Waals surface area (Å²) in [4.78, 5) is 14.3. The van der Waals surface area contributed by atoms with E-state index in [0.29, 0.717) is 11.6 Å². The third-order valence-electron chi connectivity index (χ3n) is 4.37. The second-order valence-corrected chi connectivity index (χ2v) is 8.69. The summed E-state index contributed by atoms with van der Waals surface area (Å²) in [6, 6.07) is 1.63. The molecule has 2 aliphatic carbocycles. The normalized spacial score (nSPS) is 19.3. The van der Waals surface area contributed by atoms with E-state index < -0.39 is 9.05 Å². The van der Waals surface area contributed by atoms with E-state index in [1.165, 1.54) is 31.5 Å². The number of rotatable bonds is 5. The van der Waals surface area contributed by atoms with E-state index in [0.717, 1.165) is 19.4 Å². The summed E-state index contributed by atoms with van der Waals surface area (Å²) in [5.74, 6) is 0.458. The molecule has 0 radical (unpaired) electrons. The fraction of sp³-hybridized carbons (Fsp3) is 0.643. The van der Waals surface area contributed by atoms with E-state index in [-0.39, 0.29) is 16.8 Å². The molecule has 0 atom stereocenters. The van der Waals surface area contributed by atoms with Crippen LogP contribution in [0.25, 0.3) is 0 Å². The van der Waals surface area contributed by atoms with Crippen LogP contribution < -0.4 is 0 Å². The first-order chi connectivity index (χ1) is 9.86. The Bertz CT molecular complexity index is 660. The molecule has 2 aliphatic rings. The molecule has 1 aromatic heterocycles. The quantitative estimate of drug-likeness (QED) is 0.780. The van der Waals surface area contributed by atoms with E-state index >= 15 is 0 Å². The maximum atomic E-state index is 12.6. The Hall–Kier alpha value is -1.01. The summed E-state index contributed by atoms with van der Waals surface area (Å²) in [6.45, 7) is 0.734. The first kappa shape index (κ1) is 14.9. The van der Waals surface area contributed by atoms with Crippen molar-refractivity contribution in [2.45, 2.75) is 43.0 Å². The van der Waals surface area contributed by atoms with Crippen LogP contribution in [0.5, 0.6) is 0 Å². The van der Waals surface area contributed by atoms with Crippen molar-refractivity contribution in [1.82, 2.24) is 9.47 Å². The smallest absolute Gasteiger partial charge is 0.270 e. The molecule has 0 saturated heterocycles. The van der Waals surface area contributed by atoms with Gasteiger partial charge in [-0.15, -0.1) is 0 Å². The van der Waals surface area contributed by atoms with Crippen molar-refractivity contribution in [2.24, 2.45) is 5.92 Å². The molecule has 5 nitrogen and oxygen atoms in total. The summed E-state index contributed by atoms with van der Waals surface area (Å²) < 4.78 is 24.8. The summed E-state index contributed by atoms with van der Waals surface area (Å²) in [5.41, 5.74) is 0.429. The van der Waals surface area contributed by atoms with Gasteiger partial charge in [0.1, 0.15) is 10.6 Å². The molecule has 1 heterocycles. The Morgan fingerprint density at radius 3 is 2.52 bits per heavy atom. The van der Waals surface area contributed by atoms with Crippen molar-refractivity contribution in [3.05, 3.63) is 18.0 Å². The monoisotopic (exact) mass is 330 g/mol. The van der Waals surface area contributed by atoms with Crippen LogP contribution in [-0.2, 0) is 9.05 Å². The molecule has 1 amide bonds. The number of carbonyl (C=O) groups excluding carboxylic acids is 1. The zero-order valence-corrected chi connectivity index (χ0v) is 13.5. The lowest BCUT2D eigenvalue weighted by Gasteiger charge is -2.30. The highest BCUT2D eigenvalue weighted by atomic mass is 35.7. The van der Waals surface area contributed by atoms with Gasteiger partial charge in [-0.2, -0.15) is 0 Å². The maximum Gasteiger partial charge on any atom is 0.270 e. The maximum absolute atomic E-state index is 12.6. The molecule has 3 rings (SSSR count). The summed E-state index contributed by atoms with van der Waals surface area (Å²) in [7, 11) is 3.38. The Labute approximate surface area is 129 Å².